The van der Waals surface area contributed by atoms with Crippen molar-refractivity contribution in [3.63, 3.8) is 0 Å². The third-order valence-corrected chi connectivity index (χ3v) is 4.92. The van der Waals surface area contributed by atoms with Crippen molar-refractivity contribution in [1.82, 2.24) is 24.8 Å². The first-order valence-corrected chi connectivity index (χ1v) is 8.99. The van der Waals surface area contributed by atoms with Crippen LogP contribution in [0.3, 0.4) is 0 Å². The second-order valence-corrected chi connectivity index (χ2v) is 6.73. The summed E-state index contributed by atoms with van der Waals surface area (Å²) in [6.45, 7) is 1.95. The summed E-state index contributed by atoms with van der Waals surface area (Å²) in [7, 11) is 0. The van der Waals surface area contributed by atoms with Crippen LogP contribution in [0.25, 0.3) is 11.5 Å². The number of H-pyrrole nitrogens is 1. The van der Waals surface area contributed by atoms with Crippen molar-refractivity contribution in [3.05, 3.63) is 40.7 Å². The maximum absolute atomic E-state index is 12.6. The molecule has 2 atom stereocenters. The summed E-state index contributed by atoms with van der Waals surface area (Å²) in [6.07, 6.45) is 7.90. The molecule has 2 aliphatic heterocycles. The average molecular weight is 355 g/mol. The number of amides is 1. The van der Waals surface area contributed by atoms with E-state index in [4.69, 9.17) is 4.74 Å². The number of hydrogen-bond acceptors (Lipinski definition) is 6. The number of rotatable bonds is 3. The average Bonchev–Trinajstić information content (AvgIpc) is 3.22. The van der Waals surface area contributed by atoms with Crippen LogP contribution in [0.4, 0.5) is 0 Å². The van der Waals surface area contributed by atoms with Crippen molar-refractivity contribution < 1.29 is 9.53 Å². The molecule has 26 heavy (non-hydrogen) atoms. The van der Waals surface area contributed by atoms with Gasteiger partial charge in [0.05, 0.1) is 11.9 Å². The van der Waals surface area contributed by atoms with Gasteiger partial charge in [0.15, 0.2) is 5.82 Å². The van der Waals surface area contributed by atoms with E-state index in [9.17, 15) is 9.59 Å². The Bertz CT molecular complexity index is 832. The molecule has 136 valence electrons. The molecule has 8 heteroatoms. The molecule has 0 unspecified atom stereocenters. The molecule has 0 saturated carbocycles. The number of nitrogens with zero attached hydrogens (tertiary/aromatic N) is 4. The Labute approximate surface area is 150 Å². The Morgan fingerprint density at radius 2 is 2.19 bits per heavy atom. The number of carbonyl (C=O) groups is 1. The van der Waals surface area contributed by atoms with Gasteiger partial charge in [-0.2, -0.15) is 0 Å². The van der Waals surface area contributed by atoms with Gasteiger partial charge in [-0.25, -0.2) is 9.97 Å². The lowest BCUT2D eigenvalue weighted by molar-refractivity contribution is -0.142. The zero-order valence-corrected chi connectivity index (χ0v) is 14.4. The van der Waals surface area contributed by atoms with E-state index in [0.717, 1.165) is 32.2 Å². The lowest BCUT2D eigenvalue weighted by Crippen LogP contribution is -2.44. The van der Waals surface area contributed by atoms with E-state index in [0.29, 0.717) is 30.4 Å². The van der Waals surface area contributed by atoms with Crippen LogP contribution in [0.1, 0.15) is 37.3 Å². The minimum Gasteiger partial charge on any atom is -0.368 e. The third kappa shape index (κ3) is 3.50. The van der Waals surface area contributed by atoms with Crippen molar-refractivity contribution in [1.29, 1.82) is 0 Å². The molecule has 1 N–H and O–H groups in total. The smallest absolute Gasteiger partial charge is 0.251 e. The van der Waals surface area contributed by atoms with Crippen LogP contribution in [0, 0.1) is 0 Å². The largest absolute Gasteiger partial charge is 0.368 e. The van der Waals surface area contributed by atoms with Crippen LogP contribution in [-0.4, -0.2) is 56.5 Å². The van der Waals surface area contributed by atoms with E-state index in [1.807, 2.05) is 4.90 Å². The van der Waals surface area contributed by atoms with E-state index in [1.165, 1.54) is 6.07 Å². The summed E-state index contributed by atoms with van der Waals surface area (Å²) in [5, 5.41) is 0. The molecule has 8 nitrogen and oxygen atoms in total. The molecule has 0 aliphatic carbocycles. The SMILES string of the molecule is O=C([C@@H]1CCCO1)N1CCC[C@@H](c2cc(=O)[nH]c(-c3cnccn3)n2)C1. The zero-order chi connectivity index (χ0) is 17.9. The Hall–Kier alpha value is -2.61. The zero-order valence-electron chi connectivity index (χ0n) is 14.4. The van der Waals surface area contributed by atoms with E-state index in [-0.39, 0.29) is 23.5 Å². The summed E-state index contributed by atoms with van der Waals surface area (Å²) >= 11 is 0. The molecule has 2 aliphatic rings. The second kappa shape index (κ2) is 7.33. The number of carbonyl (C=O) groups excluding carboxylic acids is 1. The standard InChI is InChI=1S/C18H21N5O3/c24-16-9-13(21-17(22-16)14-10-19-5-6-20-14)12-3-1-7-23(11-12)18(25)15-4-2-8-26-15/h5-6,9-10,12,15H,1-4,7-8,11H2,(H,21,22,24)/t12-,15+/m1/s1. The molecule has 4 heterocycles. The number of hydrogen-bond donors (Lipinski definition) is 1. The van der Waals surface area contributed by atoms with Gasteiger partial charge in [0, 0.05) is 44.1 Å². The van der Waals surface area contributed by atoms with Crippen molar-refractivity contribution in [2.75, 3.05) is 19.7 Å². The predicted octanol–water partition coefficient (Wildman–Crippen LogP) is 1.11. The fraction of sp³-hybridized carbons (Fsp3) is 0.500. The predicted molar refractivity (Wildman–Crippen MR) is 93.4 cm³/mol. The monoisotopic (exact) mass is 355 g/mol. The molecule has 2 aromatic heterocycles. The van der Waals surface area contributed by atoms with E-state index >= 15 is 0 Å². The molecule has 4 rings (SSSR count). The number of piperidine rings is 1. The molecule has 1 amide bonds. The number of aromatic amines is 1. The fourth-order valence-electron chi connectivity index (χ4n) is 3.62. The summed E-state index contributed by atoms with van der Waals surface area (Å²) in [5.41, 5.74) is 0.993. The lowest BCUT2D eigenvalue weighted by Gasteiger charge is -2.33. The number of ether oxygens (including phenoxy) is 1. The molecule has 0 aromatic carbocycles. The van der Waals surface area contributed by atoms with Crippen molar-refractivity contribution in [2.24, 2.45) is 0 Å². The molecule has 0 radical (unpaired) electrons. The van der Waals surface area contributed by atoms with Crippen molar-refractivity contribution in [3.8, 4) is 11.5 Å². The normalized spacial score (nSPS) is 23.2. The molecular formula is C18H21N5O3. The van der Waals surface area contributed by atoms with Gasteiger partial charge in [0.1, 0.15) is 11.8 Å². The first-order valence-electron chi connectivity index (χ1n) is 8.99. The molecular weight excluding hydrogens is 334 g/mol. The summed E-state index contributed by atoms with van der Waals surface area (Å²) < 4.78 is 5.53. The Kier molecular flexibility index (Phi) is 4.75. The van der Waals surface area contributed by atoms with Crippen LogP contribution < -0.4 is 5.56 Å². The van der Waals surface area contributed by atoms with Crippen LogP contribution >= 0.6 is 0 Å². The first kappa shape index (κ1) is 16.8. The van der Waals surface area contributed by atoms with Crippen LogP contribution in [-0.2, 0) is 9.53 Å². The van der Waals surface area contributed by atoms with E-state index in [2.05, 4.69) is 19.9 Å². The van der Waals surface area contributed by atoms with Gasteiger partial charge < -0.3 is 14.6 Å². The number of aromatic nitrogens is 4. The van der Waals surface area contributed by atoms with E-state index in [1.54, 1.807) is 18.6 Å². The highest BCUT2D eigenvalue weighted by Gasteiger charge is 2.32. The molecule has 2 saturated heterocycles. The Morgan fingerprint density at radius 3 is 2.96 bits per heavy atom. The maximum atomic E-state index is 12.6. The van der Waals surface area contributed by atoms with Crippen LogP contribution in [0.2, 0.25) is 0 Å². The summed E-state index contributed by atoms with van der Waals surface area (Å²) in [6, 6.07) is 1.52. The molecule has 2 aromatic rings. The van der Waals surface area contributed by atoms with Crippen LogP contribution in [0.5, 0.6) is 0 Å². The third-order valence-electron chi connectivity index (χ3n) is 4.92. The lowest BCUT2D eigenvalue weighted by atomic mass is 9.94. The molecule has 2 fully saturated rings. The summed E-state index contributed by atoms with van der Waals surface area (Å²) in [4.78, 5) is 42.1. The highest BCUT2D eigenvalue weighted by molar-refractivity contribution is 5.81. The van der Waals surface area contributed by atoms with Gasteiger partial charge in [-0.05, 0) is 25.7 Å². The summed E-state index contributed by atoms with van der Waals surface area (Å²) in [5.74, 6) is 0.501. The minimum absolute atomic E-state index is 0.0341. The van der Waals surface area contributed by atoms with Gasteiger partial charge in [0.2, 0.25) is 0 Å². The number of likely N-dealkylation sites (tertiary alicyclic amines) is 1. The van der Waals surface area contributed by atoms with Crippen molar-refractivity contribution in [2.45, 2.75) is 37.7 Å². The topological polar surface area (TPSA) is 101 Å². The van der Waals surface area contributed by atoms with Gasteiger partial charge in [-0.1, -0.05) is 0 Å². The first-order chi connectivity index (χ1) is 12.7. The van der Waals surface area contributed by atoms with E-state index < -0.39 is 0 Å². The quantitative estimate of drug-likeness (QED) is 0.885. The highest BCUT2D eigenvalue weighted by Crippen LogP contribution is 2.27. The highest BCUT2D eigenvalue weighted by atomic mass is 16.5. The minimum atomic E-state index is -0.309. The molecule has 0 spiro atoms. The second-order valence-electron chi connectivity index (χ2n) is 6.73. The van der Waals surface area contributed by atoms with Gasteiger partial charge in [-0.15, -0.1) is 0 Å². The Morgan fingerprint density at radius 1 is 1.27 bits per heavy atom. The van der Waals surface area contributed by atoms with Gasteiger partial charge in [-0.3, -0.25) is 14.6 Å². The van der Waals surface area contributed by atoms with Gasteiger partial charge in [0.25, 0.3) is 11.5 Å². The number of nitrogens with one attached hydrogen (secondary N) is 1. The Balaban J connectivity index is 1.56. The van der Waals surface area contributed by atoms with Crippen molar-refractivity contribution >= 4 is 5.91 Å². The fourth-order valence-corrected chi connectivity index (χ4v) is 3.62. The maximum Gasteiger partial charge on any atom is 0.251 e. The van der Waals surface area contributed by atoms with Gasteiger partial charge >= 0.3 is 0 Å². The van der Waals surface area contributed by atoms with Crippen LogP contribution in [0.15, 0.2) is 29.5 Å². The molecule has 0 bridgehead atoms.